The summed E-state index contributed by atoms with van der Waals surface area (Å²) in [7, 11) is 0. The van der Waals surface area contributed by atoms with Crippen LogP contribution in [0.2, 0.25) is 0 Å². The highest BCUT2D eigenvalue weighted by atomic mass is 16.5. The third-order valence-corrected chi connectivity index (χ3v) is 6.36. The van der Waals surface area contributed by atoms with Crippen LogP contribution in [0.5, 0.6) is 0 Å². The van der Waals surface area contributed by atoms with Gasteiger partial charge in [0.1, 0.15) is 6.04 Å². The largest absolute Gasteiger partial charge is 0.351 e. The van der Waals surface area contributed by atoms with Gasteiger partial charge >= 0.3 is 0 Å². The van der Waals surface area contributed by atoms with Crippen LogP contribution < -0.4 is 5.32 Å². The first-order chi connectivity index (χ1) is 15.9. The fourth-order valence-corrected chi connectivity index (χ4v) is 4.48. The Morgan fingerprint density at radius 3 is 2.45 bits per heavy atom. The lowest BCUT2D eigenvalue weighted by molar-refractivity contribution is -0.135. The highest BCUT2D eigenvalue weighted by molar-refractivity contribution is 6.05. The molecular weight excluding hydrogens is 426 g/mol. The number of carbonyl (C=O) groups is 4. The first-order valence-corrected chi connectivity index (χ1v) is 11.1. The molecule has 33 heavy (non-hydrogen) atoms. The van der Waals surface area contributed by atoms with E-state index in [1.54, 1.807) is 45.9 Å². The lowest BCUT2D eigenvalue weighted by Gasteiger charge is -2.34. The number of hydrogen-bond acceptors (Lipinski definition) is 6. The molecule has 2 aliphatic heterocycles. The number of rotatable bonds is 5. The summed E-state index contributed by atoms with van der Waals surface area (Å²) in [6.45, 7) is 3.07. The Morgan fingerprint density at radius 2 is 1.79 bits per heavy atom. The number of piperazine rings is 1. The molecule has 1 aromatic carbocycles. The number of nitrogens with one attached hydrogen (secondary N) is 1. The van der Waals surface area contributed by atoms with Crippen molar-refractivity contribution in [1.82, 2.24) is 25.2 Å². The van der Waals surface area contributed by atoms with Gasteiger partial charge in [0.15, 0.2) is 0 Å². The SMILES string of the molecule is Cc1cc(C(=O)N2CCN(C(=O)CNC(=O)C3c4ccccc4C(=O)N3C3CC3)CC2)on1. The maximum atomic E-state index is 13.0. The molecule has 0 bridgehead atoms. The molecule has 10 nitrogen and oxygen atoms in total. The van der Waals surface area contributed by atoms with Crippen molar-refractivity contribution in [1.29, 1.82) is 0 Å². The fraction of sp³-hybridized carbons (Fsp3) is 0.435. The number of carbonyl (C=O) groups excluding carboxylic acids is 4. The summed E-state index contributed by atoms with van der Waals surface area (Å²) >= 11 is 0. The number of benzene rings is 1. The summed E-state index contributed by atoms with van der Waals surface area (Å²) in [5, 5.41) is 6.47. The molecule has 3 aliphatic rings. The zero-order valence-electron chi connectivity index (χ0n) is 18.3. The van der Waals surface area contributed by atoms with Crippen molar-refractivity contribution in [2.24, 2.45) is 0 Å². The first-order valence-electron chi connectivity index (χ1n) is 11.1. The molecule has 4 amide bonds. The zero-order chi connectivity index (χ0) is 23.1. The van der Waals surface area contributed by atoms with Gasteiger partial charge in [-0.2, -0.15) is 0 Å². The number of amides is 4. The first kappa shape index (κ1) is 21.2. The number of nitrogens with zero attached hydrogens (tertiary/aromatic N) is 4. The quantitative estimate of drug-likeness (QED) is 0.717. The zero-order valence-corrected chi connectivity index (χ0v) is 18.3. The summed E-state index contributed by atoms with van der Waals surface area (Å²) < 4.78 is 5.03. The van der Waals surface area contributed by atoms with E-state index in [0.717, 1.165) is 12.8 Å². The summed E-state index contributed by atoms with van der Waals surface area (Å²) in [6.07, 6.45) is 1.78. The van der Waals surface area contributed by atoms with Gasteiger partial charge in [0, 0.05) is 43.9 Å². The minimum absolute atomic E-state index is 0.0788. The van der Waals surface area contributed by atoms with E-state index < -0.39 is 6.04 Å². The van der Waals surface area contributed by atoms with Crippen molar-refractivity contribution in [3.8, 4) is 0 Å². The third kappa shape index (κ3) is 3.96. The molecule has 1 N–H and O–H groups in total. The van der Waals surface area contributed by atoms with Crippen LogP contribution >= 0.6 is 0 Å². The molecule has 172 valence electrons. The minimum Gasteiger partial charge on any atom is -0.351 e. The van der Waals surface area contributed by atoms with E-state index in [1.807, 2.05) is 6.07 Å². The number of fused-ring (bicyclic) bond motifs is 1. The average molecular weight is 451 g/mol. The number of aromatic nitrogens is 1. The van der Waals surface area contributed by atoms with Gasteiger partial charge in [-0.25, -0.2) is 0 Å². The van der Waals surface area contributed by atoms with Gasteiger partial charge in [-0.1, -0.05) is 23.4 Å². The van der Waals surface area contributed by atoms with E-state index in [0.29, 0.717) is 43.0 Å². The second-order valence-corrected chi connectivity index (χ2v) is 8.66. The molecule has 2 aromatic rings. The van der Waals surface area contributed by atoms with Gasteiger partial charge in [-0.15, -0.1) is 0 Å². The van der Waals surface area contributed by atoms with Crippen molar-refractivity contribution in [2.75, 3.05) is 32.7 Å². The summed E-state index contributed by atoms with van der Waals surface area (Å²) in [5.74, 6) is -0.751. The minimum atomic E-state index is -0.700. The summed E-state index contributed by atoms with van der Waals surface area (Å²) in [6, 6.07) is 8.12. The van der Waals surface area contributed by atoms with Crippen LogP contribution in [0, 0.1) is 6.92 Å². The second-order valence-electron chi connectivity index (χ2n) is 8.66. The summed E-state index contributed by atoms with van der Waals surface area (Å²) in [4.78, 5) is 55.9. The van der Waals surface area contributed by atoms with Crippen molar-refractivity contribution < 1.29 is 23.7 Å². The topological polar surface area (TPSA) is 116 Å². The Labute approximate surface area is 190 Å². The monoisotopic (exact) mass is 451 g/mol. The van der Waals surface area contributed by atoms with Gasteiger partial charge < -0.3 is 24.5 Å². The Morgan fingerprint density at radius 1 is 1.09 bits per heavy atom. The van der Waals surface area contributed by atoms with E-state index >= 15 is 0 Å². The van der Waals surface area contributed by atoms with Crippen molar-refractivity contribution >= 4 is 23.6 Å². The van der Waals surface area contributed by atoms with Gasteiger partial charge in [0.25, 0.3) is 11.8 Å². The van der Waals surface area contributed by atoms with Gasteiger partial charge in [-0.3, -0.25) is 19.2 Å². The van der Waals surface area contributed by atoms with E-state index in [4.69, 9.17) is 4.52 Å². The van der Waals surface area contributed by atoms with Gasteiger partial charge in [-0.05, 0) is 31.4 Å². The molecule has 3 heterocycles. The van der Waals surface area contributed by atoms with Gasteiger partial charge in [0.05, 0.1) is 12.2 Å². The molecule has 1 atom stereocenters. The van der Waals surface area contributed by atoms with Crippen LogP contribution in [0.25, 0.3) is 0 Å². The van der Waals surface area contributed by atoms with Crippen LogP contribution in [0.1, 0.15) is 51.1 Å². The van der Waals surface area contributed by atoms with E-state index in [2.05, 4.69) is 10.5 Å². The Kier molecular flexibility index (Phi) is 5.35. The molecule has 1 aliphatic carbocycles. The maximum Gasteiger partial charge on any atom is 0.292 e. The highest BCUT2D eigenvalue weighted by Crippen LogP contribution is 2.41. The normalized spacial score (nSPS) is 20.1. The molecule has 10 heteroatoms. The predicted octanol–water partition coefficient (Wildman–Crippen LogP) is 0.743. The lowest BCUT2D eigenvalue weighted by Crippen LogP contribution is -2.53. The van der Waals surface area contributed by atoms with E-state index in [1.165, 1.54) is 0 Å². The van der Waals surface area contributed by atoms with E-state index in [9.17, 15) is 19.2 Å². The Hall–Kier alpha value is -3.69. The molecule has 1 aromatic heterocycles. The van der Waals surface area contributed by atoms with Crippen molar-refractivity contribution in [3.63, 3.8) is 0 Å². The fourth-order valence-electron chi connectivity index (χ4n) is 4.48. The average Bonchev–Trinajstić information content (AvgIpc) is 3.51. The molecule has 0 radical (unpaired) electrons. The standard InChI is InChI=1S/C23H25N5O5/c1-14-12-18(33-25-14)23(32)27-10-8-26(9-11-27)19(29)13-24-21(30)20-16-4-2-3-5-17(16)22(31)28(20)15-6-7-15/h2-5,12,15,20H,6-11,13H2,1H3,(H,24,30). The van der Waals surface area contributed by atoms with Crippen LogP contribution in [0.3, 0.4) is 0 Å². The number of hydrogen-bond donors (Lipinski definition) is 1. The van der Waals surface area contributed by atoms with Crippen molar-refractivity contribution in [2.45, 2.75) is 31.8 Å². The van der Waals surface area contributed by atoms with E-state index in [-0.39, 0.29) is 42.0 Å². The second kappa shape index (κ2) is 8.34. The Balaban J connectivity index is 1.17. The molecular formula is C23H25N5O5. The number of aryl methyl sites for hydroxylation is 1. The van der Waals surface area contributed by atoms with Crippen LogP contribution in [0.4, 0.5) is 0 Å². The predicted molar refractivity (Wildman–Crippen MR) is 115 cm³/mol. The maximum absolute atomic E-state index is 13.0. The van der Waals surface area contributed by atoms with Gasteiger partial charge in [0.2, 0.25) is 17.6 Å². The lowest BCUT2D eigenvalue weighted by atomic mass is 10.0. The highest BCUT2D eigenvalue weighted by Gasteiger charge is 2.47. The third-order valence-electron chi connectivity index (χ3n) is 6.36. The summed E-state index contributed by atoms with van der Waals surface area (Å²) in [5.41, 5.74) is 1.88. The van der Waals surface area contributed by atoms with Crippen LogP contribution in [-0.2, 0) is 9.59 Å². The van der Waals surface area contributed by atoms with Crippen molar-refractivity contribution in [3.05, 3.63) is 52.9 Å². The molecule has 2 fully saturated rings. The molecule has 1 saturated heterocycles. The Bertz CT molecular complexity index is 1120. The molecule has 5 rings (SSSR count). The molecule has 0 spiro atoms. The molecule has 1 saturated carbocycles. The van der Waals surface area contributed by atoms with Crippen LogP contribution in [0.15, 0.2) is 34.9 Å². The smallest absolute Gasteiger partial charge is 0.292 e. The molecule has 1 unspecified atom stereocenters. The van der Waals surface area contributed by atoms with Crippen LogP contribution in [-0.4, -0.2) is 82.3 Å².